The van der Waals surface area contributed by atoms with Crippen molar-refractivity contribution < 1.29 is 14.4 Å². The highest BCUT2D eigenvalue weighted by Gasteiger charge is 2.57. The Hall–Kier alpha value is -1.97. The molecule has 0 bridgehead atoms. The Kier molecular flexibility index (Phi) is 3.28. The van der Waals surface area contributed by atoms with Gasteiger partial charge in [0, 0.05) is 11.6 Å². The minimum Gasteiger partial charge on any atom is -0.469 e. The van der Waals surface area contributed by atoms with E-state index in [1.54, 1.807) is 6.20 Å². The van der Waals surface area contributed by atoms with E-state index in [1.165, 1.54) is 7.11 Å². The van der Waals surface area contributed by atoms with E-state index in [2.05, 4.69) is 5.48 Å². The molecular formula is C14H17NO3. The second-order valence-electron chi connectivity index (χ2n) is 4.81. The molecule has 18 heavy (non-hydrogen) atoms. The van der Waals surface area contributed by atoms with Crippen molar-refractivity contribution in [2.75, 3.05) is 7.11 Å². The van der Waals surface area contributed by atoms with Crippen molar-refractivity contribution in [3.8, 4) is 5.75 Å². The smallest absolute Gasteiger partial charge is 0.313 e. The van der Waals surface area contributed by atoms with Crippen LogP contribution < -0.4 is 10.3 Å². The Morgan fingerprint density at radius 2 is 2.00 bits per heavy atom. The van der Waals surface area contributed by atoms with Gasteiger partial charge in [0.25, 0.3) is 0 Å². The van der Waals surface area contributed by atoms with Crippen molar-refractivity contribution in [1.29, 1.82) is 0 Å². The fourth-order valence-electron chi connectivity index (χ4n) is 2.04. The molecule has 1 saturated carbocycles. The number of benzene rings is 1. The zero-order valence-corrected chi connectivity index (χ0v) is 10.8. The quantitative estimate of drug-likeness (QED) is 0.655. The molecule has 2 rings (SSSR count). The minimum absolute atomic E-state index is 0.153. The molecule has 0 aromatic heterocycles. The summed E-state index contributed by atoms with van der Waals surface area (Å²) in [6.45, 7) is 4.01. The van der Waals surface area contributed by atoms with Gasteiger partial charge in [-0.05, 0) is 17.7 Å². The maximum atomic E-state index is 11.5. The van der Waals surface area contributed by atoms with Gasteiger partial charge >= 0.3 is 5.97 Å². The van der Waals surface area contributed by atoms with Crippen molar-refractivity contribution in [1.82, 2.24) is 5.48 Å². The lowest BCUT2D eigenvalue weighted by Gasteiger charge is -2.02. The first kappa shape index (κ1) is 12.5. The lowest BCUT2D eigenvalue weighted by Crippen LogP contribution is -2.10. The normalized spacial score (nSPS) is 22.4. The van der Waals surface area contributed by atoms with Gasteiger partial charge in [0.1, 0.15) is 0 Å². The van der Waals surface area contributed by atoms with Crippen LogP contribution in [0.4, 0.5) is 0 Å². The molecule has 0 saturated heterocycles. The van der Waals surface area contributed by atoms with Crippen molar-refractivity contribution in [3.63, 3.8) is 0 Å². The number of para-hydroxylation sites is 1. The van der Waals surface area contributed by atoms with Crippen LogP contribution in [0.3, 0.4) is 0 Å². The SMILES string of the molecule is COC(=O)C1C(=CNOc2ccccc2)C1(C)C. The van der Waals surface area contributed by atoms with E-state index >= 15 is 0 Å². The molecule has 0 aliphatic heterocycles. The predicted molar refractivity (Wildman–Crippen MR) is 67.6 cm³/mol. The molecular weight excluding hydrogens is 230 g/mol. The van der Waals surface area contributed by atoms with E-state index < -0.39 is 0 Å². The third-order valence-electron chi connectivity index (χ3n) is 3.26. The Morgan fingerprint density at radius 3 is 2.61 bits per heavy atom. The summed E-state index contributed by atoms with van der Waals surface area (Å²) < 4.78 is 4.76. The third kappa shape index (κ3) is 2.32. The van der Waals surface area contributed by atoms with E-state index in [9.17, 15) is 4.79 Å². The van der Waals surface area contributed by atoms with Gasteiger partial charge in [-0.2, -0.15) is 0 Å². The number of ether oxygens (including phenoxy) is 1. The van der Waals surface area contributed by atoms with Gasteiger partial charge in [-0.25, -0.2) is 5.48 Å². The molecule has 0 heterocycles. The Bertz CT molecular complexity index is 465. The Labute approximate surface area is 107 Å². The molecule has 4 heteroatoms. The zero-order chi connectivity index (χ0) is 13.2. The van der Waals surface area contributed by atoms with E-state index in [1.807, 2.05) is 44.2 Å². The molecule has 1 N–H and O–H groups in total. The molecule has 1 aliphatic rings. The maximum Gasteiger partial charge on any atom is 0.313 e. The minimum atomic E-state index is -0.201. The Balaban J connectivity index is 1.93. The van der Waals surface area contributed by atoms with Crippen LogP contribution >= 0.6 is 0 Å². The third-order valence-corrected chi connectivity index (χ3v) is 3.26. The van der Waals surface area contributed by atoms with Gasteiger partial charge in [0.2, 0.25) is 0 Å². The summed E-state index contributed by atoms with van der Waals surface area (Å²) in [7, 11) is 1.41. The van der Waals surface area contributed by atoms with Crippen LogP contribution in [0.2, 0.25) is 0 Å². The van der Waals surface area contributed by atoms with E-state index in [4.69, 9.17) is 9.57 Å². The number of nitrogens with one attached hydrogen (secondary N) is 1. The highest BCUT2D eigenvalue weighted by atomic mass is 16.6. The lowest BCUT2D eigenvalue weighted by molar-refractivity contribution is -0.142. The van der Waals surface area contributed by atoms with Crippen LogP contribution in [-0.2, 0) is 9.53 Å². The summed E-state index contributed by atoms with van der Waals surface area (Å²) in [6.07, 6.45) is 1.73. The van der Waals surface area contributed by atoms with Gasteiger partial charge in [0.05, 0.1) is 13.0 Å². The van der Waals surface area contributed by atoms with Gasteiger partial charge in [-0.1, -0.05) is 32.0 Å². The molecule has 96 valence electrons. The number of hydrogen-bond acceptors (Lipinski definition) is 4. The molecule has 1 fully saturated rings. The summed E-state index contributed by atoms with van der Waals surface area (Å²) in [6, 6.07) is 9.40. The molecule has 0 amide bonds. The van der Waals surface area contributed by atoms with Crippen LogP contribution in [0.1, 0.15) is 13.8 Å². The van der Waals surface area contributed by atoms with E-state index in [-0.39, 0.29) is 17.3 Å². The van der Waals surface area contributed by atoms with Gasteiger partial charge in [-0.3, -0.25) is 4.79 Å². The molecule has 4 nitrogen and oxygen atoms in total. The molecule has 1 unspecified atom stereocenters. The first-order valence-electron chi connectivity index (χ1n) is 5.83. The maximum absolute atomic E-state index is 11.5. The van der Waals surface area contributed by atoms with Crippen molar-refractivity contribution in [2.24, 2.45) is 11.3 Å². The van der Waals surface area contributed by atoms with Crippen LogP contribution in [0.5, 0.6) is 5.75 Å². The van der Waals surface area contributed by atoms with Gasteiger partial charge in [-0.15, -0.1) is 0 Å². The number of rotatable bonds is 4. The highest BCUT2D eigenvalue weighted by Crippen LogP contribution is 2.57. The van der Waals surface area contributed by atoms with Crippen LogP contribution in [-0.4, -0.2) is 13.1 Å². The van der Waals surface area contributed by atoms with Crippen LogP contribution in [0, 0.1) is 11.3 Å². The van der Waals surface area contributed by atoms with Crippen molar-refractivity contribution in [2.45, 2.75) is 13.8 Å². The molecule has 0 spiro atoms. The topological polar surface area (TPSA) is 47.6 Å². The molecule has 0 radical (unpaired) electrons. The number of hydrogen-bond donors (Lipinski definition) is 1. The largest absolute Gasteiger partial charge is 0.469 e. The second kappa shape index (κ2) is 4.72. The van der Waals surface area contributed by atoms with Crippen LogP contribution in [0.25, 0.3) is 0 Å². The number of esters is 1. The summed E-state index contributed by atoms with van der Waals surface area (Å²) in [4.78, 5) is 16.8. The zero-order valence-electron chi connectivity index (χ0n) is 10.8. The van der Waals surface area contributed by atoms with Crippen LogP contribution in [0.15, 0.2) is 42.1 Å². The fourth-order valence-corrected chi connectivity index (χ4v) is 2.04. The number of hydroxylamine groups is 1. The highest BCUT2D eigenvalue weighted by molar-refractivity contribution is 5.83. The number of carbonyl (C=O) groups excluding carboxylic acids is 1. The summed E-state index contributed by atoms with van der Waals surface area (Å²) in [5.41, 5.74) is 3.60. The number of methoxy groups -OCH3 is 1. The van der Waals surface area contributed by atoms with Gasteiger partial charge in [0.15, 0.2) is 5.75 Å². The van der Waals surface area contributed by atoms with E-state index in [0.29, 0.717) is 0 Å². The average Bonchev–Trinajstić information content (AvgIpc) is 2.92. The summed E-state index contributed by atoms with van der Waals surface area (Å²) in [5.74, 6) is 0.351. The molecule has 1 aliphatic carbocycles. The average molecular weight is 247 g/mol. The monoisotopic (exact) mass is 247 g/mol. The van der Waals surface area contributed by atoms with Gasteiger partial charge < -0.3 is 9.57 Å². The lowest BCUT2D eigenvalue weighted by atomic mass is 10.1. The molecule has 1 aromatic carbocycles. The summed E-state index contributed by atoms with van der Waals surface area (Å²) in [5, 5.41) is 0. The van der Waals surface area contributed by atoms with Crippen molar-refractivity contribution >= 4 is 5.97 Å². The predicted octanol–water partition coefficient (Wildman–Crippen LogP) is 2.28. The standard InChI is InChI=1S/C14H17NO3/c1-14(2)11(12(14)13(16)17-3)9-15-18-10-7-5-4-6-8-10/h4-9,12,15H,1-3H3. The number of carbonyl (C=O) groups is 1. The molecule has 1 atom stereocenters. The first-order chi connectivity index (χ1) is 8.57. The van der Waals surface area contributed by atoms with E-state index in [0.717, 1.165) is 11.3 Å². The fraction of sp³-hybridized carbons (Fsp3) is 0.357. The first-order valence-corrected chi connectivity index (χ1v) is 5.83. The Morgan fingerprint density at radius 1 is 1.33 bits per heavy atom. The molecule has 1 aromatic rings. The summed E-state index contributed by atoms with van der Waals surface area (Å²) >= 11 is 0. The second-order valence-corrected chi connectivity index (χ2v) is 4.81. The van der Waals surface area contributed by atoms with Crippen molar-refractivity contribution in [3.05, 3.63) is 42.1 Å².